The molecule has 1 aliphatic rings. The Labute approximate surface area is 169 Å². The number of nitrogens with zero attached hydrogens (tertiary/aromatic N) is 1. The van der Waals surface area contributed by atoms with Gasteiger partial charge in [-0.2, -0.15) is 26.3 Å². The number of benzene rings is 2. The normalized spacial score (nSPS) is 20.1. The van der Waals surface area contributed by atoms with Crippen LogP contribution in [0.25, 0.3) is 0 Å². The number of amides is 1. The molecule has 3 rings (SSSR count). The van der Waals surface area contributed by atoms with Crippen LogP contribution < -0.4 is 5.32 Å². The first-order chi connectivity index (χ1) is 14.0. The zero-order valence-electron chi connectivity index (χ0n) is 16.0. The molecule has 1 saturated heterocycles. The van der Waals surface area contributed by atoms with Gasteiger partial charge in [0, 0.05) is 31.1 Å². The van der Waals surface area contributed by atoms with Crippen molar-refractivity contribution < 1.29 is 31.1 Å². The number of carbonyl (C=O) groups excluding carboxylic acids is 1. The van der Waals surface area contributed by atoms with Crippen molar-refractivity contribution in [2.75, 3.05) is 20.1 Å². The van der Waals surface area contributed by atoms with Crippen molar-refractivity contribution in [2.24, 2.45) is 0 Å². The van der Waals surface area contributed by atoms with Gasteiger partial charge in [0.2, 0.25) is 0 Å². The van der Waals surface area contributed by atoms with Crippen molar-refractivity contribution in [1.82, 2.24) is 10.2 Å². The summed E-state index contributed by atoms with van der Waals surface area (Å²) in [5, 5.41) is 3.18. The van der Waals surface area contributed by atoms with Gasteiger partial charge in [-0.05, 0) is 54.9 Å². The van der Waals surface area contributed by atoms with Gasteiger partial charge in [0.1, 0.15) is 0 Å². The van der Waals surface area contributed by atoms with Gasteiger partial charge in [-0.3, -0.25) is 4.79 Å². The van der Waals surface area contributed by atoms with Crippen LogP contribution in [0, 0.1) is 0 Å². The van der Waals surface area contributed by atoms with E-state index in [1.54, 1.807) is 7.05 Å². The molecule has 1 amide bonds. The molecule has 1 heterocycles. The second kappa shape index (κ2) is 8.29. The first kappa shape index (κ1) is 22.1. The zero-order chi connectivity index (χ0) is 22.1. The van der Waals surface area contributed by atoms with Gasteiger partial charge in [0.25, 0.3) is 5.91 Å². The van der Waals surface area contributed by atoms with E-state index in [9.17, 15) is 31.1 Å². The van der Waals surface area contributed by atoms with E-state index in [4.69, 9.17) is 0 Å². The number of piperidine rings is 1. The summed E-state index contributed by atoms with van der Waals surface area (Å²) in [7, 11) is 1.56. The van der Waals surface area contributed by atoms with E-state index in [1.165, 1.54) is 17.0 Å². The Bertz CT molecular complexity index is 874. The molecule has 0 saturated carbocycles. The van der Waals surface area contributed by atoms with Crippen molar-refractivity contribution in [3.63, 3.8) is 0 Å². The van der Waals surface area contributed by atoms with Crippen LogP contribution in [0.3, 0.4) is 0 Å². The lowest BCUT2D eigenvalue weighted by Gasteiger charge is -2.39. The molecule has 162 valence electrons. The van der Waals surface area contributed by atoms with E-state index in [1.807, 2.05) is 0 Å². The first-order valence-electron chi connectivity index (χ1n) is 9.31. The number of halogens is 6. The predicted octanol–water partition coefficient (Wildman–Crippen LogP) is 4.94. The molecule has 0 spiro atoms. The van der Waals surface area contributed by atoms with Crippen LogP contribution in [0.5, 0.6) is 0 Å². The van der Waals surface area contributed by atoms with Gasteiger partial charge in [-0.1, -0.05) is 12.1 Å². The highest BCUT2D eigenvalue weighted by Crippen LogP contribution is 2.33. The van der Waals surface area contributed by atoms with Crippen molar-refractivity contribution in [2.45, 2.75) is 30.7 Å². The molecule has 0 aliphatic carbocycles. The van der Waals surface area contributed by atoms with Gasteiger partial charge in [-0.15, -0.1) is 0 Å². The average molecular weight is 430 g/mol. The zero-order valence-corrected chi connectivity index (χ0v) is 16.0. The van der Waals surface area contributed by atoms with Crippen LogP contribution >= 0.6 is 0 Å². The summed E-state index contributed by atoms with van der Waals surface area (Å²) in [6.45, 7) is 1.09. The van der Waals surface area contributed by atoms with E-state index < -0.39 is 29.4 Å². The first-order valence-corrected chi connectivity index (χ1v) is 9.31. The molecule has 0 unspecified atom stereocenters. The molecule has 1 N–H and O–H groups in total. The second-order valence-corrected chi connectivity index (χ2v) is 7.28. The molecule has 9 heteroatoms. The Morgan fingerprint density at radius 1 is 0.900 bits per heavy atom. The highest BCUT2D eigenvalue weighted by Gasteiger charge is 2.35. The Hall–Kier alpha value is -2.55. The van der Waals surface area contributed by atoms with Crippen LogP contribution in [-0.2, 0) is 12.4 Å². The summed E-state index contributed by atoms with van der Waals surface area (Å²) in [6.07, 6.45) is -8.36. The fourth-order valence-corrected chi connectivity index (χ4v) is 3.72. The van der Waals surface area contributed by atoms with Crippen LogP contribution in [0.4, 0.5) is 26.3 Å². The van der Waals surface area contributed by atoms with Gasteiger partial charge >= 0.3 is 12.4 Å². The maximum Gasteiger partial charge on any atom is 0.416 e. The maximum absolute atomic E-state index is 12.8. The minimum atomic E-state index is -4.49. The average Bonchev–Trinajstić information content (AvgIpc) is 2.71. The van der Waals surface area contributed by atoms with E-state index in [2.05, 4.69) is 5.32 Å². The maximum atomic E-state index is 12.8. The standard InChI is InChI=1S/C21H20F6N2O/c1-29(19(30)14-4-8-16(9-5-14)21(25,26)27)18-10-11-28-12-17(18)13-2-6-15(7-3-13)20(22,23)24/h2-9,17-18,28H,10-12H2,1H3/t17-,18+/m0/s1. The molecule has 1 aliphatic heterocycles. The third-order valence-corrected chi connectivity index (χ3v) is 5.39. The smallest absolute Gasteiger partial charge is 0.338 e. The topological polar surface area (TPSA) is 32.3 Å². The summed E-state index contributed by atoms with van der Waals surface area (Å²) in [5.41, 5.74) is -0.811. The highest BCUT2D eigenvalue weighted by atomic mass is 19.4. The number of rotatable bonds is 3. The molecular weight excluding hydrogens is 410 g/mol. The lowest BCUT2D eigenvalue weighted by atomic mass is 9.85. The molecule has 0 radical (unpaired) electrons. The minimum absolute atomic E-state index is 0.121. The number of alkyl halides is 6. The number of nitrogens with one attached hydrogen (secondary N) is 1. The lowest BCUT2D eigenvalue weighted by Crippen LogP contribution is -2.49. The van der Waals surface area contributed by atoms with Crippen LogP contribution in [0.15, 0.2) is 48.5 Å². The summed E-state index contributed by atoms with van der Waals surface area (Å²) in [6, 6.07) is 8.52. The summed E-state index contributed by atoms with van der Waals surface area (Å²) in [5.74, 6) is -0.683. The van der Waals surface area contributed by atoms with Gasteiger partial charge in [0.15, 0.2) is 0 Å². The second-order valence-electron chi connectivity index (χ2n) is 7.28. The Kier molecular flexibility index (Phi) is 6.12. The third kappa shape index (κ3) is 4.77. The van der Waals surface area contributed by atoms with Gasteiger partial charge in [-0.25, -0.2) is 0 Å². The van der Waals surface area contributed by atoms with Gasteiger partial charge < -0.3 is 10.2 Å². The molecule has 0 aromatic heterocycles. The van der Waals surface area contributed by atoms with E-state index >= 15 is 0 Å². The monoisotopic (exact) mass is 430 g/mol. The summed E-state index contributed by atoms with van der Waals surface area (Å²) in [4.78, 5) is 14.3. The van der Waals surface area contributed by atoms with Crippen LogP contribution in [0.2, 0.25) is 0 Å². The van der Waals surface area contributed by atoms with E-state index in [0.717, 1.165) is 36.4 Å². The molecule has 2 aromatic rings. The van der Waals surface area contributed by atoms with Crippen molar-refractivity contribution in [3.05, 3.63) is 70.8 Å². The quantitative estimate of drug-likeness (QED) is 0.700. The molecule has 2 aromatic carbocycles. The van der Waals surface area contributed by atoms with E-state index in [-0.39, 0.29) is 17.5 Å². The van der Waals surface area contributed by atoms with Crippen molar-refractivity contribution in [1.29, 1.82) is 0 Å². The van der Waals surface area contributed by atoms with Crippen molar-refractivity contribution in [3.8, 4) is 0 Å². The Morgan fingerprint density at radius 2 is 1.40 bits per heavy atom. The minimum Gasteiger partial charge on any atom is -0.338 e. The Morgan fingerprint density at radius 3 is 1.90 bits per heavy atom. The van der Waals surface area contributed by atoms with Crippen LogP contribution in [0.1, 0.15) is 39.4 Å². The largest absolute Gasteiger partial charge is 0.416 e. The number of likely N-dealkylation sites (N-methyl/N-ethyl adjacent to an activating group) is 1. The van der Waals surface area contributed by atoms with Crippen molar-refractivity contribution >= 4 is 5.91 Å². The molecule has 30 heavy (non-hydrogen) atoms. The highest BCUT2D eigenvalue weighted by molar-refractivity contribution is 5.94. The molecule has 0 bridgehead atoms. The number of hydrogen-bond donors (Lipinski definition) is 1. The van der Waals surface area contributed by atoms with E-state index in [0.29, 0.717) is 25.1 Å². The SMILES string of the molecule is CN(C(=O)c1ccc(C(F)(F)F)cc1)[C@@H]1CCNC[C@H]1c1ccc(C(F)(F)F)cc1. The molecule has 3 nitrogen and oxygen atoms in total. The summed E-state index contributed by atoms with van der Waals surface area (Å²) < 4.78 is 76.7. The third-order valence-electron chi connectivity index (χ3n) is 5.39. The summed E-state index contributed by atoms with van der Waals surface area (Å²) >= 11 is 0. The molecular formula is C21H20F6N2O. The molecule has 1 fully saturated rings. The Balaban J connectivity index is 1.80. The fourth-order valence-electron chi connectivity index (χ4n) is 3.72. The van der Waals surface area contributed by atoms with Gasteiger partial charge in [0.05, 0.1) is 11.1 Å². The number of carbonyl (C=O) groups is 1. The lowest BCUT2D eigenvalue weighted by molar-refractivity contribution is -0.138. The molecule has 2 atom stereocenters. The van der Waals surface area contributed by atoms with Crippen LogP contribution in [-0.4, -0.2) is 37.0 Å². The number of hydrogen-bond acceptors (Lipinski definition) is 2. The fraction of sp³-hybridized carbons (Fsp3) is 0.381. The predicted molar refractivity (Wildman–Crippen MR) is 99.0 cm³/mol.